The van der Waals surface area contributed by atoms with Crippen LogP contribution >= 0.6 is 22.9 Å². The van der Waals surface area contributed by atoms with Crippen LogP contribution in [0.2, 0.25) is 5.02 Å². The second-order valence-corrected chi connectivity index (χ2v) is 8.99. The molecule has 0 bridgehead atoms. The molecule has 0 spiro atoms. The van der Waals surface area contributed by atoms with E-state index in [0.717, 1.165) is 35.6 Å². The average Bonchev–Trinajstić information content (AvgIpc) is 3.23. The Morgan fingerprint density at radius 1 is 1.26 bits per heavy atom. The van der Waals surface area contributed by atoms with Gasteiger partial charge in [0.25, 0.3) is 5.91 Å². The minimum absolute atomic E-state index is 0.0343. The number of halogens is 1. The standard InChI is InChI=1S/C19H20ClN3O3S/c1-9(2)23-4-3-10-15(7-23)27-19-16(10)18(24)21-17(22-19)11-5-13-14(6-12(11)20)26-8-25-13/h5-6,9,17,22H,3-4,7-8H2,1-2H3,(H,21,24)/p+1/t17-/m0/s1. The minimum Gasteiger partial charge on any atom is -0.454 e. The highest BCUT2D eigenvalue weighted by atomic mass is 35.5. The number of hydrogen-bond acceptors (Lipinski definition) is 5. The molecule has 27 heavy (non-hydrogen) atoms. The van der Waals surface area contributed by atoms with Gasteiger partial charge in [-0.15, -0.1) is 11.3 Å². The highest BCUT2D eigenvalue weighted by Crippen LogP contribution is 2.43. The van der Waals surface area contributed by atoms with Gasteiger partial charge in [-0.25, -0.2) is 0 Å². The van der Waals surface area contributed by atoms with E-state index in [-0.39, 0.29) is 18.9 Å². The van der Waals surface area contributed by atoms with Crippen LogP contribution in [0.4, 0.5) is 5.00 Å². The lowest BCUT2D eigenvalue weighted by molar-refractivity contribution is -0.936. The molecule has 3 aliphatic rings. The molecule has 142 valence electrons. The van der Waals surface area contributed by atoms with Crippen molar-refractivity contribution in [1.82, 2.24) is 5.32 Å². The third kappa shape index (κ3) is 2.76. The molecule has 3 N–H and O–H groups in total. The van der Waals surface area contributed by atoms with E-state index in [0.29, 0.717) is 22.6 Å². The molecule has 0 radical (unpaired) electrons. The van der Waals surface area contributed by atoms with Gasteiger partial charge in [0.05, 0.1) is 28.0 Å². The number of anilines is 1. The van der Waals surface area contributed by atoms with Gasteiger partial charge < -0.3 is 25.0 Å². The van der Waals surface area contributed by atoms with Crippen LogP contribution in [0.25, 0.3) is 0 Å². The Kier molecular flexibility index (Phi) is 4.00. The van der Waals surface area contributed by atoms with Crippen molar-refractivity contribution in [3.63, 3.8) is 0 Å². The summed E-state index contributed by atoms with van der Waals surface area (Å²) in [5, 5.41) is 8.01. The lowest BCUT2D eigenvalue weighted by atomic mass is 9.99. The predicted octanol–water partition coefficient (Wildman–Crippen LogP) is 2.33. The van der Waals surface area contributed by atoms with E-state index in [1.807, 2.05) is 6.07 Å². The Labute approximate surface area is 166 Å². The summed E-state index contributed by atoms with van der Waals surface area (Å²) >= 11 is 8.14. The summed E-state index contributed by atoms with van der Waals surface area (Å²) in [6, 6.07) is 4.16. The molecule has 0 saturated heterocycles. The van der Waals surface area contributed by atoms with Crippen LogP contribution in [0.5, 0.6) is 11.5 Å². The van der Waals surface area contributed by atoms with E-state index in [9.17, 15) is 4.79 Å². The SMILES string of the molecule is CC(C)[NH+]1CCc2c(sc3c2C(=O)N[C@H](c2cc4c(cc2Cl)OCO4)N3)C1. The van der Waals surface area contributed by atoms with Gasteiger partial charge in [0.15, 0.2) is 11.5 Å². The van der Waals surface area contributed by atoms with Crippen LogP contribution in [0.15, 0.2) is 12.1 Å². The highest BCUT2D eigenvalue weighted by Gasteiger charge is 2.36. The number of quaternary nitrogens is 1. The number of rotatable bonds is 2. The number of amides is 1. The molecule has 3 aliphatic heterocycles. The largest absolute Gasteiger partial charge is 0.454 e. The summed E-state index contributed by atoms with van der Waals surface area (Å²) in [5.41, 5.74) is 2.80. The monoisotopic (exact) mass is 406 g/mol. The number of carbonyl (C=O) groups is 1. The van der Waals surface area contributed by atoms with Crippen molar-refractivity contribution in [3.8, 4) is 11.5 Å². The van der Waals surface area contributed by atoms with Gasteiger partial charge >= 0.3 is 0 Å². The second-order valence-electron chi connectivity index (χ2n) is 7.48. The van der Waals surface area contributed by atoms with E-state index in [4.69, 9.17) is 21.1 Å². The first-order valence-corrected chi connectivity index (χ1v) is 10.4. The highest BCUT2D eigenvalue weighted by molar-refractivity contribution is 7.16. The Morgan fingerprint density at radius 3 is 2.81 bits per heavy atom. The molecule has 6 nitrogen and oxygen atoms in total. The lowest BCUT2D eigenvalue weighted by Gasteiger charge is -2.29. The third-order valence-electron chi connectivity index (χ3n) is 5.57. The van der Waals surface area contributed by atoms with E-state index in [1.54, 1.807) is 22.3 Å². The van der Waals surface area contributed by atoms with Crippen LogP contribution < -0.4 is 25.0 Å². The molecule has 2 atom stereocenters. The fourth-order valence-corrected chi connectivity index (χ4v) is 5.60. The van der Waals surface area contributed by atoms with Crippen molar-refractivity contribution in [3.05, 3.63) is 38.7 Å². The Morgan fingerprint density at radius 2 is 2.04 bits per heavy atom. The topological polar surface area (TPSA) is 64.0 Å². The van der Waals surface area contributed by atoms with E-state index < -0.39 is 0 Å². The zero-order valence-electron chi connectivity index (χ0n) is 15.1. The van der Waals surface area contributed by atoms with Gasteiger partial charge in [-0.2, -0.15) is 0 Å². The summed E-state index contributed by atoms with van der Waals surface area (Å²) in [4.78, 5) is 15.8. The predicted molar refractivity (Wildman–Crippen MR) is 104 cm³/mol. The fourth-order valence-electron chi connectivity index (χ4n) is 4.01. The first-order chi connectivity index (χ1) is 13.0. The molecule has 1 unspecified atom stereocenters. The van der Waals surface area contributed by atoms with E-state index in [1.165, 1.54) is 10.4 Å². The van der Waals surface area contributed by atoms with E-state index in [2.05, 4.69) is 24.5 Å². The molecular formula is C19H21ClN3O3S+. The molecule has 2 aromatic rings. The minimum atomic E-state index is -0.388. The molecule has 8 heteroatoms. The summed E-state index contributed by atoms with van der Waals surface area (Å²) in [5.74, 6) is 1.25. The normalized spacial score (nSPS) is 22.9. The maximum absolute atomic E-state index is 12.9. The van der Waals surface area contributed by atoms with Gasteiger partial charge in [0, 0.05) is 18.1 Å². The van der Waals surface area contributed by atoms with Gasteiger partial charge in [-0.1, -0.05) is 11.6 Å². The molecule has 5 rings (SSSR count). The molecule has 1 amide bonds. The summed E-state index contributed by atoms with van der Waals surface area (Å²) < 4.78 is 10.8. The third-order valence-corrected chi connectivity index (χ3v) is 7.06. The quantitative estimate of drug-likeness (QED) is 0.716. The van der Waals surface area contributed by atoms with Gasteiger partial charge in [-0.05, 0) is 25.5 Å². The van der Waals surface area contributed by atoms with Crippen molar-refractivity contribution < 1.29 is 19.2 Å². The molecule has 1 aromatic carbocycles. The van der Waals surface area contributed by atoms with Crippen LogP contribution in [-0.2, 0) is 13.0 Å². The number of hydrogen-bond donors (Lipinski definition) is 3. The zero-order valence-corrected chi connectivity index (χ0v) is 16.7. The average molecular weight is 407 g/mol. The summed E-state index contributed by atoms with van der Waals surface area (Å²) in [7, 11) is 0. The Balaban J connectivity index is 1.48. The van der Waals surface area contributed by atoms with E-state index >= 15 is 0 Å². The fraction of sp³-hybridized carbons (Fsp3) is 0.421. The number of thiophene rings is 1. The summed E-state index contributed by atoms with van der Waals surface area (Å²) in [6.45, 7) is 6.73. The number of nitrogens with one attached hydrogen (secondary N) is 3. The summed E-state index contributed by atoms with van der Waals surface area (Å²) in [6.07, 6.45) is 0.555. The zero-order chi connectivity index (χ0) is 18.7. The van der Waals surface area contributed by atoms with Crippen molar-refractivity contribution in [2.75, 3.05) is 18.7 Å². The van der Waals surface area contributed by atoms with Crippen molar-refractivity contribution in [1.29, 1.82) is 0 Å². The molecule has 0 saturated carbocycles. The number of fused-ring (bicyclic) bond motifs is 4. The lowest BCUT2D eigenvalue weighted by Crippen LogP contribution is -3.14. The van der Waals surface area contributed by atoms with Crippen molar-refractivity contribution >= 4 is 33.8 Å². The molecule has 1 aromatic heterocycles. The first kappa shape index (κ1) is 17.2. The Hall–Kier alpha value is -1.96. The Bertz CT molecular complexity index is 943. The van der Waals surface area contributed by atoms with Crippen LogP contribution in [0.1, 0.15) is 46.4 Å². The van der Waals surface area contributed by atoms with Gasteiger partial charge in [0.2, 0.25) is 6.79 Å². The first-order valence-electron chi connectivity index (χ1n) is 9.17. The van der Waals surface area contributed by atoms with Crippen molar-refractivity contribution in [2.45, 2.75) is 39.0 Å². The smallest absolute Gasteiger partial charge is 0.256 e. The maximum atomic E-state index is 12.9. The van der Waals surface area contributed by atoms with Crippen LogP contribution in [-0.4, -0.2) is 25.3 Å². The van der Waals surface area contributed by atoms with Crippen molar-refractivity contribution in [2.24, 2.45) is 0 Å². The van der Waals surface area contributed by atoms with Gasteiger partial charge in [-0.3, -0.25) is 4.79 Å². The maximum Gasteiger partial charge on any atom is 0.256 e. The molecule has 0 aliphatic carbocycles. The number of carbonyl (C=O) groups excluding carboxylic acids is 1. The molecule has 0 fully saturated rings. The number of benzene rings is 1. The van der Waals surface area contributed by atoms with Gasteiger partial charge in [0.1, 0.15) is 17.7 Å². The van der Waals surface area contributed by atoms with Crippen LogP contribution in [0.3, 0.4) is 0 Å². The number of ether oxygens (including phenoxy) is 2. The molecule has 4 heterocycles. The van der Waals surface area contributed by atoms with Crippen LogP contribution in [0, 0.1) is 0 Å². The second kappa shape index (κ2) is 6.29. The molecular weight excluding hydrogens is 386 g/mol.